The minimum absolute atomic E-state index is 0.0427. The second-order valence-corrected chi connectivity index (χ2v) is 12.7. The highest BCUT2D eigenvalue weighted by molar-refractivity contribution is 6.10. The van der Waals surface area contributed by atoms with Crippen LogP contribution in [0.4, 0.5) is 0 Å². The zero-order valence-electron chi connectivity index (χ0n) is 25.8. The summed E-state index contributed by atoms with van der Waals surface area (Å²) in [6.07, 6.45) is 3.57. The quantitative estimate of drug-likeness (QED) is 0.204. The fourth-order valence-electron chi connectivity index (χ4n) is 7.48. The predicted octanol–water partition coefficient (Wildman–Crippen LogP) is 10.9. The summed E-state index contributed by atoms with van der Waals surface area (Å²) in [6, 6.07) is 50.7. The van der Waals surface area contributed by atoms with E-state index >= 15 is 0 Å². The van der Waals surface area contributed by atoms with Crippen LogP contribution in [0.5, 0.6) is 0 Å². The number of fused-ring (bicyclic) bond motifs is 6. The molecule has 1 aliphatic rings. The van der Waals surface area contributed by atoms with Gasteiger partial charge in [-0.05, 0) is 93.0 Å². The third-order valence-electron chi connectivity index (χ3n) is 9.76. The zero-order valence-corrected chi connectivity index (χ0v) is 25.8. The van der Waals surface area contributed by atoms with Crippen LogP contribution in [0, 0.1) is 0 Å². The Morgan fingerprint density at radius 1 is 0.457 bits per heavy atom. The normalized spacial score (nSPS) is 13.2. The van der Waals surface area contributed by atoms with Crippen LogP contribution in [0.15, 0.2) is 152 Å². The summed E-state index contributed by atoms with van der Waals surface area (Å²) >= 11 is 0. The van der Waals surface area contributed by atoms with Gasteiger partial charge in [0.05, 0.1) is 11.0 Å². The standard InChI is InChI=1S/C43H31N3/c1-43(2)38-14-7-5-12-34(38)35-22-18-29(26-39(35)43)32-10-3-4-11-33(32)30-19-23-37-36-13-6-8-15-40(36)46(41(37)27-30)31-20-16-28(17-21-31)42-44-24-9-25-45-42/h3-27H,1-2H3. The molecule has 0 unspecified atom stereocenters. The number of aromatic nitrogens is 3. The molecule has 46 heavy (non-hydrogen) atoms. The van der Waals surface area contributed by atoms with Crippen molar-refractivity contribution < 1.29 is 0 Å². The van der Waals surface area contributed by atoms with Crippen molar-refractivity contribution in [2.45, 2.75) is 19.3 Å². The molecule has 3 heteroatoms. The first-order chi connectivity index (χ1) is 22.6. The lowest BCUT2D eigenvalue weighted by Gasteiger charge is -2.22. The Morgan fingerprint density at radius 3 is 1.83 bits per heavy atom. The molecule has 0 N–H and O–H groups in total. The van der Waals surface area contributed by atoms with Crippen molar-refractivity contribution in [3.8, 4) is 50.5 Å². The van der Waals surface area contributed by atoms with Gasteiger partial charge in [-0.15, -0.1) is 0 Å². The van der Waals surface area contributed by atoms with Gasteiger partial charge in [0.1, 0.15) is 0 Å². The maximum Gasteiger partial charge on any atom is 0.159 e. The summed E-state index contributed by atoms with van der Waals surface area (Å²) in [5.41, 5.74) is 14.8. The first-order valence-corrected chi connectivity index (χ1v) is 15.8. The second-order valence-electron chi connectivity index (χ2n) is 12.7. The topological polar surface area (TPSA) is 30.7 Å². The van der Waals surface area contributed by atoms with Crippen molar-refractivity contribution in [3.63, 3.8) is 0 Å². The Kier molecular flexibility index (Phi) is 5.85. The fourth-order valence-corrected chi connectivity index (χ4v) is 7.48. The molecule has 0 radical (unpaired) electrons. The lowest BCUT2D eigenvalue weighted by atomic mass is 9.81. The minimum Gasteiger partial charge on any atom is -0.309 e. The van der Waals surface area contributed by atoms with E-state index in [1.54, 1.807) is 12.4 Å². The van der Waals surface area contributed by atoms with Gasteiger partial charge in [0.2, 0.25) is 0 Å². The van der Waals surface area contributed by atoms with E-state index in [1.807, 2.05) is 6.07 Å². The first-order valence-electron chi connectivity index (χ1n) is 15.8. The average molecular weight is 590 g/mol. The fraction of sp³-hybridized carbons (Fsp3) is 0.0698. The van der Waals surface area contributed by atoms with Gasteiger partial charge >= 0.3 is 0 Å². The van der Waals surface area contributed by atoms with Gasteiger partial charge in [-0.25, -0.2) is 9.97 Å². The number of hydrogen-bond acceptors (Lipinski definition) is 2. The van der Waals surface area contributed by atoms with Crippen LogP contribution < -0.4 is 0 Å². The Labute approximate surface area is 268 Å². The monoisotopic (exact) mass is 589 g/mol. The van der Waals surface area contributed by atoms with Gasteiger partial charge in [-0.3, -0.25) is 0 Å². The summed E-state index contributed by atoms with van der Waals surface area (Å²) in [4.78, 5) is 8.88. The molecule has 9 rings (SSSR count). The van der Waals surface area contributed by atoms with Crippen LogP contribution >= 0.6 is 0 Å². The molecular weight excluding hydrogens is 558 g/mol. The van der Waals surface area contributed by atoms with E-state index in [9.17, 15) is 0 Å². The van der Waals surface area contributed by atoms with Crippen molar-refractivity contribution >= 4 is 21.8 Å². The first kappa shape index (κ1) is 26.6. The molecule has 0 aliphatic heterocycles. The molecule has 6 aromatic carbocycles. The van der Waals surface area contributed by atoms with E-state index in [2.05, 4.69) is 162 Å². The van der Waals surface area contributed by atoms with E-state index in [0.29, 0.717) is 0 Å². The molecule has 0 amide bonds. The largest absolute Gasteiger partial charge is 0.309 e. The van der Waals surface area contributed by atoms with Crippen LogP contribution in [0.1, 0.15) is 25.0 Å². The Morgan fingerprint density at radius 2 is 1.04 bits per heavy atom. The predicted molar refractivity (Wildman–Crippen MR) is 190 cm³/mol. The average Bonchev–Trinajstić information content (AvgIpc) is 3.57. The Hall–Kier alpha value is -5.80. The molecule has 1 aliphatic carbocycles. The van der Waals surface area contributed by atoms with Crippen LogP contribution in [0.3, 0.4) is 0 Å². The number of benzene rings is 6. The van der Waals surface area contributed by atoms with Crippen LogP contribution in [0.25, 0.3) is 72.3 Å². The Bertz CT molecular complexity index is 2430. The zero-order chi connectivity index (χ0) is 30.8. The molecule has 3 nitrogen and oxygen atoms in total. The second kappa shape index (κ2) is 10.1. The summed E-state index contributed by atoms with van der Waals surface area (Å²) in [7, 11) is 0. The molecule has 8 aromatic rings. The molecule has 218 valence electrons. The highest BCUT2D eigenvalue weighted by atomic mass is 15.0. The molecule has 0 saturated heterocycles. The molecule has 0 saturated carbocycles. The van der Waals surface area contributed by atoms with Crippen molar-refractivity contribution in [1.82, 2.24) is 14.5 Å². The van der Waals surface area contributed by atoms with Crippen molar-refractivity contribution in [2.24, 2.45) is 0 Å². The smallest absolute Gasteiger partial charge is 0.159 e. The van der Waals surface area contributed by atoms with E-state index in [-0.39, 0.29) is 5.41 Å². The lowest BCUT2D eigenvalue weighted by Crippen LogP contribution is -2.14. The summed E-state index contributed by atoms with van der Waals surface area (Å²) < 4.78 is 2.38. The van der Waals surface area contributed by atoms with Gasteiger partial charge in [-0.1, -0.05) is 105 Å². The van der Waals surface area contributed by atoms with Crippen molar-refractivity contribution in [3.05, 3.63) is 163 Å². The lowest BCUT2D eigenvalue weighted by molar-refractivity contribution is 0.660. The summed E-state index contributed by atoms with van der Waals surface area (Å²) in [6.45, 7) is 4.69. The van der Waals surface area contributed by atoms with Gasteiger partial charge < -0.3 is 4.57 Å². The number of nitrogens with zero attached hydrogens (tertiary/aromatic N) is 3. The van der Waals surface area contributed by atoms with E-state index in [0.717, 1.165) is 17.1 Å². The summed E-state index contributed by atoms with van der Waals surface area (Å²) in [5, 5.41) is 2.48. The number of rotatable bonds is 4. The molecule has 0 spiro atoms. The van der Waals surface area contributed by atoms with Gasteiger partial charge in [0, 0.05) is 39.8 Å². The summed E-state index contributed by atoms with van der Waals surface area (Å²) in [5.74, 6) is 0.731. The van der Waals surface area contributed by atoms with E-state index < -0.39 is 0 Å². The minimum atomic E-state index is -0.0427. The molecule has 2 heterocycles. The van der Waals surface area contributed by atoms with Gasteiger partial charge in [-0.2, -0.15) is 0 Å². The van der Waals surface area contributed by atoms with E-state index in [4.69, 9.17) is 0 Å². The molecular formula is C43H31N3. The van der Waals surface area contributed by atoms with E-state index in [1.165, 1.54) is 66.3 Å². The maximum absolute atomic E-state index is 4.44. The Balaban J connectivity index is 1.19. The third kappa shape index (κ3) is 3.98. The number of hydrogen-bond donors (Lipinski definition) is 0. The van der Waals surface area contributed by atoms with Gasteiger partial charge in [0.25, 0.3) is 0 Å². The van der Waals surface area contributed by atoms with Gasteiger partial charge in [0.15, 0.2) is 5.82 Å². The number of para-hydroxylation sites is 1. The molecule has 0 bridgehead atoms. The third-order valence-corrected chi connectivity index (χ3v) is 9.76. The molecule has 2 aromatic heterocycles. The van der Waals surface area contributed by atoms with Crippen molar-refractivity contribution in [1.29, 1.82) is 0 Å². The highest BCUT2D eigenvalue weighted by Crippen LogP contribution is 2.50. The van der Waals surface area contributed by atoms with Crippen LogP contribution in [0.2, 0.25) is 0 Å². The van der Waals surface area contributed by atoms with Crippen LogP contribution in [-0.2, 0) is 5.41 Å². The molecule has 0 atom stereocenters. The maximum atomic E-state index is 4.44. The highest BCUT2D eigenvalue weighted by Gasteiger charge is 2.35. The van der Waals surface area contributed by atoms with Crippen LogP contribution in [-0.4, -0.2) is 14.5 Å². The van der Waals surface area contributed by atoms with Crippen molar-refractivity contribution in [2.75, 3.05) is 0 Å². The SMILES string of the molecule is CC1(C)c2ccccc2-c2ccc(-c3ccccc3-c3ccc4c5ccccc5n(-c5ccc(-c6ncccn6)cc5)c4c3)cc21. The molecule has 0 fully saturated rings.